The lowest BCUT2D eigenvalue weighted by molar-refractivity contribution is 0.540. The molecule has 3 rings (SSSR count). The van der Waals surface area contributed by atoms with Crippen LogP contribution >= 0.6 is 7.92 Å². The van der Waals surface area contributed by atoms with Gasteiger partial charge in [0.15, 0.2) is 0 Å². The molecule has 0 aliphatic rings. The fraction of sp³-hybridized carbons (Fsp3) is 0. The molecule has 0 atom stereocenters. The predicted octanol–water partition coefficient (Wildman–Crippen LogP) is 2.37. The highest BCUT2D eigenvalue weighted by Crippen LogP contribution is 2.31. The van der Waals surface area contributed by atoms with Crippen LogP contribution in [0.2, 0.25) is 0 Å². The van der Waals surface area contributed by atoms with Crippen molar-refractivity contribution in [3.63, 3.8) is 0 Å². The van der Waals surface area contributed by atoms with Gasteiger partial charge in [-0.3, -0.25) is 0 Å². The van der Waals surface area contributed by atoms with Gasteiger partial charge in [-0.25, -0.2) is 9.97 Å². The van der Waals surface area contributed by atoms with Crippen molar-refractivity contribution in [1.29, 1.82) is 0 Å². The van der Waals surface area contributed by atoms with Crippen molar-refractivity contribution in [2.45, 2.75) is 0 Å². The van der Waals surface area contributed by atoms with Crippen LogP contribution in [0.1, 0.15) is 0 Å². The molecular formula is C16H12FN2P. The molecule has 2 aromatic carbocycles. The van der Waals surface area contributed by atoms with E-state index < -0.39 is 14.0 Å². The number of rotatable bonds is 3. The van der Waals surface area contributed by atoms with E-state index in [1.807, 2.05) is 36.4 Å². The van der Waals surface area contributed by atoms with Gasteiger partial charge in [-0.1, -0.05) is 60.7 Å². The van der Waals surface area contributed by atoms with Gasteiger partial charge < -0.3 is 0 Å². The summed E-state index contributed by atoms with van der Waals surface area (Å²) in [5.41, 5.74) is 0. The Labute approximate surface area is 118 Å². The summed E-state index contributed by atoms with van der Waals surface area (Å²) >= 11 is 0. The maximum atomic E-state index is 12.9. The number of halogens is 1. The largest absolute Gasteiger partial charge is 0.308 e. The predicted molar refractivity (Wildman–Crippen MR) is 80.7 cm³/mol. The second-order valence-corrected chi connectivity index (χ2v) is 6.44. The summed E-state index contributed by atoms with van der Waals surface area (Å²) < 4.78 is 12.9. The van der Waals surface area contributed by atoms with E-state index >= 15 is 0 Å². The minimum atomic E-state index is -0.750. The first-order valence-corrected chi connectivity index (χ1v) is 7.56. The van der Waals surface area contributed by atoms with Crippen molar-refractivity contribution < 1.29 is 4.39 Å². The van der Waals surface area contributed by atoms with E-state index in [0.717, 1.165) is 5.30 Å². The highest BCUT2D eigenvalue weighted by atomic mass is 31.1. The molecule has 3 aromatic rings. The van der Waals surface area contributed by atoms with Crippen molar-refractivity contribution in [3.8, 4) is 0 Å². The molecule has 0 spiro atoms. The molecule has 0 bridgehead atoms. The van der Waals surface area contributed by atoms with Gasteiger partial charge in [-0.05, 0) is 18.5 Å². The fourth-order valence-electron chi connectivity index (χ4n) is 2.02. The van der Waals surface area contributed by atoms with Crippen LogP contribution in [0.15, 0.2) is 73.1 Å². The van der Waals surface area contributed by atoms with E-state index in [9.17, 15) is 4.39 Å². The Morgan fingerprint density at radius 2 is 1.10 bits per heavy atom. The van der Waals surface area contributed by atoms with Crippen LogP contribution in [0.5, 0.6) is 0 Å². The average molecular weight is 282 g/mol. The Morgan fingerprint density at radius 3 is 1.55 bits per heavy atom. The third-order valence-electron chi connectivity index (χ3n) is 2.89. The summed E-state index contributed by atoms with van der Waals surface area (Å²) in [6.45, 7) is 0. The molecule has 0 radical (unpaired) electrons. The van der Waals surface area contributed by atoms with E-state index in [4.69, 9.17) is 0 Å². The van der Waals surface area contributed by atoms with E-state index in [0.29, 0.717) is 0 Å². The zero-order valence-electron chi connectivity index (χ0n) is 10.6. The third kappa shape index (κ3) is 2.73. The molecule has 4 heteroatoms. The summed E-state index contributed by atoms with van der Waals surface area (Å²) in [7, 11) is -0.750. The van der Waals surface area contributed by atoms with Gasteiger partial charge >= 0.3 is 6.08 Å². The highest BCUT2D eigenvalue weighted by Gasteiger charge is 2.16. The average Bonchev–Trinajstić information content (AvgIpc) is 2.52. The Balaban J connectivity index is 2.11. The third-order valence-corrected chi connectivity index (χ3v) is 5.27. The van der Waals surface area contributed by atoms with Crippen LogP contribution in [0.3, 0.4) is 0 Å². The van der Waals surface area contributed by atoms with Gasteiger partial charge in [0.2, 0.25) is 0 Å². The lowest BCUT2D eigenvalue weighted by Crippen LogP contribution is -2.21. The minimum absolute atomic E-state index is 0.690. The molecule has 0 saturated heterocycles. The van der Waals surface area contributed by atoms with Crippen molar-refractivity contribution in [2.75, 3.05) is 0 Å². The molecule has 0 aliphatic carbocycles. The number of aromatic nitrogens is 2. The maximum Gasteiger partial charge on any atom is 0.308 e. The summed E-state index contributed by atoms with van der Waals surface area (Å²) in [4.78, 5) is 7.38. The summed E-state index contributed by atoms with van der Waals surface area (Å²) in [5, 5.41) is 3.34. The van der Waals surface area contributed by atoms with Gasteiger partial charge in [0.25, 0.3) is 0 Å². The molecule has 0 N–H and O–H groups in total. The van der Waals surface area contributed by atoms with Crippen LogP contribution in [-0.2, 0) is 0 Å². The second-order valence-electron chi connectivity index (χ2n) is 4.22. The Morgan fingerprint density at radius 1 is 0.650 bits per heavy atom. The summed E-state index contributed by atoms with van der Waals surface area (Å²) in [6.07, 6.45) is 2.46. The standard InChI is InChI=1S/C16H12FN2P/c17-16-18-11-15(12-19-16)20(13-7-3-1-4-8-13)14-9-5-2-6-10-14/h1-12H. The molecule has 0 amide bonds. The number of benzene rings is 2. The Bertz CT molecular complexity index is 632. The first-order chi connectivity index (χ1) is 9.84. The van der Waals surface area contributed by atoms with Crippen LogP contribution < -0.4 is 15.9 Å². The molecule has 98 valence electrons. The highest BCUT2D eigenvalue weighted by molar-refractivity contribution is 7.79. The SMILES string of the molecule is Fc1ncc(P(c2ccccc2)c2ccccc2)cn1. The minimum Gasteiger partial charge on any atom is -0.210 e. The zero-order valence-corrected chi connectivity index (χ0v) is 11.5. The van der Waals surface area contributed by atoms with Gasteiger partial charge in [-0.15, -0.1) is 0 Å². The number of hydrogen-bond donors (Lipinski definition) is 0. The Kier molecular flexibility index (Phi) is 3.80. The van der Waals surface area contributed by atoms with Gasteiger partial charge in [0.1, 0.15) is 0 Å². The molecule has 2 nitrogen and oxygen atoms in total. The van der Waals surface area contributed by atoms with E-state index in [-0.39, 0.29) is 0 Å². The normalized spacial score (nSPS) is 10.7. The first kappa shape index (κ1) is 12.9. The second kappa shape index (κ2) is 5.89. The van der Waals surface area contributed by atoms with Crippen molar-refractivity contribution >= 4 is 23.8 Å². The monoisotopic (exact) mass is 282 g/mol. The first-order valence-electron chi connectivity index (χ1n) is 6.22. The summed E-state index contributed by atoms with van der Waals surface area (Å²) in [5.74, 6) is 0. The Hall–Kier alpha value is -2.12. The summed E-state index contributed by atoms with van der Waals surface area (Å²) in [6, 6.07) is 20.4. The van der Waals surface area contributed by atoms with Crippen molar-refractivity contribution in [2.24, 2.45) is 0 Å². The molecule has 1 heterocycles. The molecule has 1 aromatic heterocycles. The topological polar surface area (TPSA) is 25.8 Å². The van der Waals surface area contributed by atoms with Crippen LogP contribution in [-0.4, -0.2) is 9.97 Å². The van der Waals surface area contributed by atoms with Crippen LogP contribution in [0.4, 0.5) is 4.39 Å². The number of nitrogens with zero attached hydrogens (tertiary/aromatic N) is 2. The molecule has 20 heavy (non-hydrogen) atoms. The lowest BCUT2D eigenvalue weighted by atomic mass is 10.4. The molecular weight excluding hydrogens is 270 g/mol. The quantitative estimate of drug-likeness (QED) is 0.544. The van der Waals surface area contributed by atoms with E-state index in [1.54, 1.807) is 12.4 Å². The number of hydrogen-bond acceptors (Lipinski definition) is 2. The molecule has 0 aliphatic heterocycles. The molecule has 0 saturated carbocycles. The smallest absolute Gasteiger partial charge is 0.210 e. The zero-order chi connectivity index (χ0) is 13.8. The van der Waals surface area contributed by atoms with Gasteiger partial charge in [0, 0.05) is 17.7 Å². The fourth-order valence-corrected chi connectivity index (χ4v) is 4.20. The van der Waals surface area contributed by atoms with Gasteiger partial charge in [-0.2, -0.15) is 4.39 Å². The van der Waals surface area contributed by atoms with Crippen LogP contribution in [0.25, 0.3) is 0 Å². The van der Waals surface area contributed by atoms with Crippen LogP contribution in [0, 0.1) is 6.08 Å². The van der Waals surface area contributed by atoms with Crippen molar-refractivity contribution in [3.05, 3.63) is 79.1 Å². The van der Waals surface area contributed by atoms with Crippen molar-refractivity contribution in [1.82, 2.24) is 9.97 Å². The molecule has 0 unspecified atom stereocenters. The molecule has 0 fully saturated rings. The van der Waals surface area contributed by atoms with Gasteiger partial charge in [0.05, 0.1) is 0 Å². The maximum absolute atomic E-state index is 12.9. The van der Waals surface area contributed by atoms with E-state index in [2.05, 4.69) is 34.2 Å². The lowest BCUT2D eigenvalue weighted by Gasteiger charge is -2.18. The van der Waals surface area contributed by atoms with E-state index in [1.165, 1.54) is 10.6 Å².